The highest BCUT2D eigenvalue weighted by molar-refractivity contribution is 9.10. The van der Waals surface area contributed by atoms with Crippen LogP contribution in [0.5, 0.6) is 5.75 Å². The van der Waals surface area contributed by atoms with Crippen LogP contribution in [-0.4, -0.2) is 24.9 Å². The van der Waals surface area contributed by atoms with Gasteiger partial charge in [0.25, 0.3) is 0 Å². The van der Waals surface area contributed by atoms with Crippen molar-refractivity contribution in [3.8, 4) is 5.75 Å². The fourth-order valence-electron chi connectivity index (χ4n) is 2.03. The van der Waals surface area contributed by atoms with Crippen molar-refractivity contribution in [1.29, 1.82) is 0 Å². The first-order chi connectivity index (χ1) is 9.69. The summed E-state index contributed by atoms with van der Waals surface area (Å²) in [7, 11) is 0. The zero-order valence-electron chi connectivity index (χ0n) is 12.5. The summed E-state index contributed by atoms with van der Waals surface area (Å²) >= 11 is 3.50. The minimum Gasteiger partial charge on any atom is -0.493 e. The Morgan fingerprint density at radius 3 is 2.80 bits per heavy atom. The van der Waals surface area contributed by atoms with E-state index in [1.807, 2.05) is 6.07 Å². The van der Waals surface area contributed by atoms with E-state index in [0.717, 1.165) is 42.5 Å². The summed E-state index contributed by atoms with van der Waals surface area (Å²) in [6.07, 6.45) is 3.95. The lowest BCUT2D eigenvalue weighted by Crippen LogP contribution is -2.20. The number of ether oxygens (including phenoxy) is 1. The van der Waals surface area contributed by atoms with E-state index >= 15 is 0 Å². The molecule has 0 bridgehead atoms. The Labute approximate surface area is 130 Å². The van der Waals surface area contributed by atoms with Crippen LogP contribution in [0.15, 0.2) is 22.7 Å². The zero-order valence-corrected chi connectivity index (χ0v) is 14.1. The quantitative estimate of drug-likeness (QED) is 0.629. The molecule has 1 unspecified atom stereocenters. The second kappa shape index (κ2) is 10.2. The van der Waals surface area contributed by atoms with Crippen LogP contribution in [0.2, 0.25) is 0 Å². The van der Waals surface area contributed by atoms with E-state index in [1.54, 1.807) is 0 Å². The molecular formula is C16H26BrNO2. The van der Waals surface area contributed by atoms with Crippen molar-refractivity contribution in [2.45, 2.75) is 45.6 Å². The van der Waals surface area contributed by atoms with E-state index in [1.165, 1.54) is 5.56 Å². The molecule has 0 radical (unpaired) electrons. The average molecular weight is 344 g/mol. The van der Waals surface area contributed by atoms with E-state index < -0.39 is 0 Å². The molecule has 0 fully saturated rings. The normalized spacial score (nSPS) is 12.4. The fourth-order valence-corrected chi connectivity index (χ4v) is 2.37. The van der Waals surface area contributed by atoms with Crippen LogP contribution >= 0.6 is 15.9 Å². The van der Waals surface area contributed by atoms with Crippen molar-refractivity contribution in [2.24, 2.45) is 0 Å². The molecule has 0 aliphatic carbocycles. The van der Waals surface area contributed by atoms with E-state index in [4.69, 9.17) is 9.84 Å². The first-order valence-electron chi connectivity index (χ1n) is 7.45. The number of nitrogens with one attached hydrogen (secondary N) is 1. The average Bonchev–Trinajstić information content (AvgIpc) is 2.44. The summed E-state index contributed by atoms with van der Waals surface area (Å²) in [5.41, 5.74) is 1.20. The van der Waals surface area contributed by atoms with Gasteiger partial charge in [0, 0.05) is 22.7 Å². The first-order valence-corrected chi connectivity index (χ1v) is 8.24. The SMILES string of the molecule is CCCNC(C)c1ccc(Br)cc1OCCCCCO. The van der Waals surface area contributed by atoms with Crippen LogP contribution in [-0.2, 0) is 0 Å². The van der Waals surface area contributed by atoms with Gasteiger partial charge in [0.05, 0.1) is 6.61 Å². The number of aliphatic hydroxyl groups is 1. The molecular weight excluding hydrogens is 318 g/mol. The molecule has 1 aromatic rings. The number of aliphatic hydroxyl groups excluding tert-OH is 1. The van der Waals surface area contributed by atoms with E-state index in [-0.39, 0.29) is 12.6 Å². The third-order valence-corrected chi connectivity index (χ3v) is 3.70. The molecule has 1 atom stereocenters. The predicted molar refractivity (Wildman–Crippen MR) is 87.3 cm³/mol. The van der Waals surface area contributed by atoms with Crippen molar-refractivity contribution < 1.29 is 9.84 Å². The summed E-state index contributed by atoms with van der Waals surface area (Å²) in [6.45, 7) is 6.30. The maximum Gasteiger partial charge on any atom is 0.125 e. The van der Waals surface area contributed by atoms with Crippen molar-refractivity contribution in [2.75, 3.05) is 19.8 Å². The van der Waals surface area contributed by atoms with E-state index in [9.17, 15) is 0 Å². The molecule has 20 heavy (non-hydrogen) atoms. The van der Waals surface area contributed by atoms with Gasteiger partial charge in [-0.15, -0.1) is 0 Å². The molecule has 3 nitrogen and oxygen atoms in total. The van der Waals surface area contributed by atoms with Crippen LogP contribution in [0.1, 0.15) is 51.1 Å². The lowest BCUT2D eigenvalue weighted by molar-refractivity contribution is 0.264. The van der Waals surface area contributed by atoms with Crippen molar-refractivity contribution in [3.63, 3.8) is 0 Å². The van der Waals surface area contributed by atoms with Gasteiger partial charge in [-0.25, -0.2) is 0 Å². The summed E-state index contributed by atoms with van der Waals surface area (Å²) in [5.74, 6) is 0.944. The van der Waals surface area contributed by atoms with Gasteiger partial charge in [-0.2, -0.15) is 0 Å². The second-order valence-electron chi connectivity index (χ2n) is 4.99. The monoisotopic (exact) mass is 343 g/mol. The van der Waals surface area contributed by atoms with Crippen molar-refractivity contribution in [1.82, 2.24) is 5.32 Å². The Hall–Kier alpha value is -0.580. The third-order valence-electron chi connectivity index (χ3n) is 3.20. The molecule has 0 aromatic heterocycles. The first kappa shape index (κ1) is 17.5. The minimum atomic E-state index is 0.264. The van der Waals surface area contributed by atoms with Gasteiger partial charge in [-0.1, -0.05) is 28.9 Å². The topological polar surface area (TPSA) is 41.5 Å². The molecule has 4 heteroatoms. The van der Waals surface area contributed by atoms with Gasteiger partial charge in [0.1, 0.15) is 5.75 Å². The Balaban J connectivity index is 2.60. The van der Waals surface area contributed by atoms with Crippen LogP contribution in [0, 0.1) is 0 Å². The molecule has 0 spiro atoms. The van der Waals surface area contributed by atoms with Gasteiger partial charge in [0.15, 0.2) is 0 Å². The highest BCUT2D eigenvalue weighted by atomic mass is 79.9. The van der Waals surface area contributed by atoms with Gasteiger partial charge >= 0.3 is 0 Å². The molecule has 0 amide bonds. The molecule has 0 aliphatic rings. The van der Waals surface area contributed by atoms with Crippen molar-refractivity contribution in [3.05, 3.63) is 28.2 Å². The molecule has 0 saturated carbocycles. The summed E-state index contributed by atoms with van der Waals surface area (Å²) in [6, 6.07) is 6.49. The standard InChI is InChI=1S/C16H26BrNO2/c1-3-9-18-13(2)15-8-7-14(17)12-16(15)20-11-6-4-5-10-19/h7-8,12-13,18-19H,3-6,9-11H2,1-2H3. The van der Waals surface area contributed by atoms with Crippen LogP contribution in [0.3, 0.4) is 0 Å². The van der Waals surface area contributed by atoms with Gasteiger partial charge in [0.2, 0.25) is 0 Å². The Kier molecular flexibility index (Phi) is 8.90. The number of rotatable bonds is 10. The molecule has 0 aliphatic heterocycles. The molecule has 0 heterocycles. The molecule has 2 N–H and O–H groups in total. The largest absolute Gasteiger partial charge is 0.493 e. The van der Waals surface area contributed by atoms with E-state index in [0.29, 0.717) is 6.61 Å². The van der Waals surface area contributed by atoms with Gasteiger partial charge in [-0.05, 0) is 51.3 Å². The van der Waals surface area contributed by atoms with Gasteiger partial charge in [-0.3, -0.25) is 0 Å². The van der Waals surface area contributed by atoms with Crippen LogP contribution < -0.4 is 10.1 Å². The maximum absolute atomic E-state index is 8.76. The number of benzene rings is 1. The minimum absolute atomic E-state index is 0.264. The number of halogens is 1. The molecule has 1 aromatic carbocycles. The number of hydrogen-bond acceptors (Lipinski definition) is 3. The third kappa shape index (κ3) is 6.25. The maximum atomic E-state index is 8.76. The summed E-state index contributed by atoms with van der Waals surface area (Å²) in [4.78, 5) is 0. The number of unbranched alkanes of at least 4 members (excludes halogenated alkanes) is 2. The zero-order chi connectivity index (χ0) is 14.8. The van der Waals surface area contributed by atoms with Crippen molar-refractivity contribution >= 4 is 15.9 Å². The van der Waals surface area contributed by atoms with Crippen LogP contribution in [0.4, 0.5) is 0 Å². The summed E-state index contributed by atoms with van der Waals surface area (Å²) < 4.78 is 6.95. The van der Waals surface area contributed by atoms with Gasteiger partial charge < -0.3 is 15.2 Å². The number of hydrogen-bond donors (Lipinski definition) is 2. The lowest BCUT2D eigenvalue weighted by atomic mass is 10.1. The van der Waals surface area contributed by atoms with E-state index in [2.05, 4.69) is 47.2 Å². The Morgan fingerprint density at radius 2 is 2.10 bits per heavy atom. The molecule has 1 rings (SSSR count). The lowest BCUT2D eigenvalue weighted by Gasteiger charge is -2.18. The second-order valence-corrected chi connectivity index (χ2v) is 5.91. The molecule has 0 saturated heterocycles. The predicted octanol–water partition coefficient (Wildman–Crippen LogP) is 4.05. The highest BCUT2D eigenvalue weighted by Gasteiger charge is 2.11. The molecule has 114 valence electrons. The highest BCUT2D eigenvalue weighted by Crippen LogP contribution is 2.29. The summed E-state index contributed by atoms with van der Waals surface area (Å²) in [5, 5.41) is 12.3. The Morgan fingerprint density at radius 1 is 1.30 bits per heavy atom. The van der Waals surface area contributed by atoms with Crippen LogP contribution in [0.25, 0.3) is 0 Å². The fraction of sp³-hybridized carbons (Fsp3) is 0.625. The smallest absolute Gasteiger partial charge is 0.125 e. The Bertz CT molecular complexity index is 385.